The van der Waals surface area contributed by atoms with Crippen molar-refractivity contribution in [2.24, 2.45) is 5.41 Å². The molecule has 0 saturated carbocycles. The fourth-order valence-electron chi connectivity index (χ4n) is 1.11. The van der Waals surface area contributed by atoms with Crippen molar-refractivity contribution in [3.8, 4) is 0 Å². The number of hydrogen-bond acceptors (Lipinski definition) is 4. The quantitative estimate of drug-likeness (QED) is 0.599. The minimum Gasteiger partial charge on any atom is -0.383 e. The minimum absolute atomic E-state index is 0.0471. The van der Waals surface area contributed by atoms with Gasteiger partial charge in [-0.3, -0.25) is 0 Å². The average molecular weight is 266 g/mol. The Morgan fingerprint density at radius 2 is 1.76 bits per heavy atom. The van der Waals surface area contributed by atoms with Gasteiger partial charge in [0.15, 0.2) is 0 Å². The van der Waals surface area contributed by atoms with Gasteiger partial charge in [-0.1, -0.05) is 20.8 Å². The van der Waals surface area contributed by atoms with Gasteiger partial charge in [-0.15, -0.1) is 0 Å². The highest BCUT2D eigenvalue weighted by Crippen LogP contribution is 2.18. The summed E-state index contributed by atoms with van der Waals surface area (Å²) in [6.07, 6.45) is 0.666. The molecule has 0 aromatic carbocycles. The van der Waals surface area contributed by atoms with Crippen molar-refractivity contribution >= 4 is 10.0 Å². The van der Waals surface area contributed by atoms with Gasteiger partial charge >= 0.3 is 0 Å². The molecule has 0 aliphatic heterocycles. The van der Waals surface area contributed by atoms with Crippen LogP contribution in [-0.2, 0) is 14.8 Å². The van der Waals surface area contributed by atoms with Crippen LogP contribution in [0.5, 0.6) is 0 Å². The average Bonchev–Trinajstić information content (AvgIpc) is 2.20. The van der Waals surface area contributed by atoms with Crippen LogP contribution in [0.1, 0.15) is 27.2 Å². The van der Waals surface area contributed by atoms with E-state index in [4.69, 9.17) is 4.74 Å². The largest absolute Gasteiger partial charge is 0.383 e. The molecular weight excluding hydrogens is 240 g/mol. The number of nitrogens with one attached hydrogen (secondary N) is 2. The highest BCUT2D eigenvalue weighted by atomic mass is 32.2. The van der Waals surface area contributed by atoms with Crippen LogP contribution in [-0.4, -0.2) is 47.5 Å². The highest BCUT2D eigenvalue weighted by molar-refractivity contribution is 7.89. The van der Waals surface area contributed by atoms with Crippen molar-refractivity contribution in [1.29, 1.82) is 0 Å². The summed E-state index contributed by atoms with van der Waals surface area (Å²) in [6.45, 7) is 8.53. The number of sulfonamides is 1. The van der Waals surface area contributed by atoms with Crippen LogP contribution in [0.3, 0.4) is 0 Å². The second-order valence-electron chi connectivity index (χ2n) is 5.27. The molecule has 0 unspecified atom stereocenters. The fraction of sp³-hybridized carbons (Fsp3) is 1.00. The molecule has 0 amide bonds. The van der Waals surface area contributed by atoms with E-state index in [1.54, 1.807) is 7.11 Å². The van der Waals surface area contributed by atoms with Gasteiger partial charge in [-0.05, 0) is 11.8 Å². The molecule has 0 spiro atoms. The molecule has 0 atom stereocenters. The summed E-state index contributed by atoms with van der Waals surface area (Å²) in [6, 6.07) is 0. The second-order valence-corrected chi connectivity index (χ2v) is 7.19. The molecule has 0 aromatic heterocycles. The predicted octanol–water partition coefficient (Wildman–Crippen LogP) is 0.578. The first kappa shape index (κ1) is 16.8. The van der Waals surface area contributed by atoms with Crippen LogP contribution in [0, 0.1) is 5.41 Å². The molecule has 0 heterocycles. The molecule has 0 aliphatic rings. The Kier molecular flexibility index (Phi) is 7.94. The van der Waals surface area contributed by atoms with Crippen molar-refractivity contribution in [3.05, 3.63) is 0 Å². The third-order valence-electron chi connectivity index (χ3n) is 2.23. The van der Waals surface area contributed by atoms with E-state index in [-0.39, 0.29) is 11.2 Å². The Hall–Kier alpha value is -0.170. The van der Waals surface area contributed by atoms with Gasteiger partial charge in [0.1, 0.15) is 0 Å². The highest BCUT2D eigenvalue weighted by Gasteiger charge is 2.16. The number of methoxy groups -OCH3 is 1. The Bertz CT molecular complexity index is 284. The van der Waals surface area contributed by atoms with Crippen LogP contribution in [0.2, 0.25) is 0 Å². The topological polar surface area (TPSA) is 67.4 Å². The van der Waals surface area contributed by atoms with Gasteiger partial charge in [0.25, 0.3) is 0 Å². The van der Waals surface area contributed by atoms with Crippen molar-refractivity contribution in [2.75, 3.05) is 39.1 Å². The first-order valence-electron chi connectivity index (χ1n) is 5.94. The summed E-state index contributed by atoms with van der Waals surface area (Å²) in [7, 11) is -1.49. The standard InChI is InChI=1S/C11H26N2O3S/c1-11(2,3)5-10-17(14,15)13-7-6-12-8-9-16-4/h12-13H,5-10H2,1-4H3. The van der Waals surface area contributed by atoms with Crippen molar-refractivity contribution in [1.82, 2.24) is 10.0 Å². The van der Waals surface area contributed by atoms with Gasteiger partial charge < -0.3 is 10.1 Å². The smallest absolute Gasteiger partial charge is 0.211 e. The maximum Gasteiger partial charge on any atom is 0.211 e. The Morgan fingerprint density at radius 1 is 1.12 bits per heavy atom. The van der Waals surface area contributed by atoms with Crippen LogP contribution in [0.15, 0.2) is 0 Å². The van der Waals surface area contributed by atoms with Crippen molar-refractivity contribution in [3.63, 3.8) is 0 Å². The molecule has 0 fully saturated rings. The Balaban J connectivity index is 3.65. The molecular formula is C11H26N2O3S. The summed E-state index contributed by atoms with van der Waals surface area (Å²) < 4.78 is 30.6. The maximum atomic E-state index is 11.6. The molecule has 0 bridgehead atoms. The summed E-state index contributed by atoms with van der Waals surface area (Å²) in [4.78, 5) is 0. The number of hydrogen-bond donors (Lipinski definition) is 2. The molecule has 0 rings (SSSR count). The maximum absolute atomic E-state index is 11.6. The molecule has 17 heavy (non-hydrogen) atoms. The number of rotatable bonds is 9. The third kappa shape index (κ3) is 12.1. The molecule has 0 radical (unpaired) electrons. The zero-order valence-corrected chi connectivity index (χ0v) is 12.2. The number of ether oxygens (including phenoxy) is 1. The minimum atomic E-state index is -3.13. The lowest BCUT2D eigenvalue weighted by Crippen LogP contribution is -2.35. The van der Waals surface area contributed by atoms with E-state index in [9.17, 15) is 8.42 Å². The van der Waals surface area contributed by atoms with E-state index in [0.29, 0.717) is 26.1 Å². The first-order chi connectivity index (χ1) is 7.77. The molecule has 2 N–H and O–H groups in total. The zero-order valence-electron chi connectivity index (χ0n) is 11.4. The lowest BCUT2D eigenvalue weighted by molar-refractivity contribution is 0.199. The summed E-state index contributed by atoms with van der Waals surface area (Å²) in [5, 5.41) is 3.08. The van der Waals surface area contributed by atoms with E-state index >= 15 is 0 Å². The van der Waals surface area contributed by atoms with Gasteiger partial charge in [0.05, 0.1) is 12.4 Å². The normalized spacial score (nSPS) is 12.9. The Morgan fingerprint density at radius 3 is 2.29 bits per heavy atom. The molecule has 5 nitrogen and oxygen atoms in total. The molecule has 0 aromatic rings. The predicted molar refractivity (Wildman–Crippen MR) is 70.6 cm³/mol. The van der Waals surface area contributed by atoms with E-state index in [1.807, 2.05) is 20.8 Å². The summed E-state index contributed by atoms with van der Waals surface area (Å²) in [5.74, 6) is 0.189. The van der Waals surface area contributed by atoms with Gasteiger partial charge in [0, 0.05) is 26.7 Å². The lowest BCUT2D eigenvalue weighted by atomic mass is 9.94. The second kappa shape index (κ2) is 8.02. The van der Waals surface area contributed by atoms with Crippen LogP contribution >= 0.6 is 0 Å². The summed E-state index contributed by atoms with van der Waals surface area (Å²) in [5.41, 5.74) is 0.0471. The van der Waals surface area contributed by atoms with E-state index in [2.05, 4.69) is 10.0 Å². The molecule has 104 valence electrons. The monoisotopic (exact) mass is 266 g/mol. The van der Waals surface area contributed by atoms with Gasteiger partial charge in [0.2, 0.25) is 10.0 Å². The van der Waals surface area contributed by atoms with Crippen molar-refractivity contribution in [2.45, 2.75) is 27.2 Å². The van der Waals surface area contributed by atoms with Crippen LogP contribution < -0.4 is 10.0 Å². The van der Waals surface area contributed by atoms with Gasteiger partial charge in [-0.2, -0.15) is 0 Å². The fourth-order valence-corrected chi connectivity index (χ4v) is 2.55. The third-order valence-corrected chi connectivity index (χ3v) is 3.61. The Labute approximate surface area is 105 Å². The van der Waals surface area contributed by atoms with Crippen LogP contribution in [0.25, 0.3) is 0 Å². The zero-order chi connectivity index (χ0) is 13.4. The van der Waals surface area contributed by atoms with Crippen molar-refractivity contribution < 1.29 is 13.2 Å². The van der Waals surface area contributed by atoms with E-state index in [0.717, 1.165) is 6.54 Å². The van der Waals surface area contributed by atoms with E-state index in [1.165, 1.54) is 0 Å². The van der Waals surface area contributed by atoms with Crippen LogP contribution in [0.4, 0.5) is 0 Å². The molecule has 6 heteroatoms. The van der Waals surface area contributed by atoms with E-state index < -0.39 is 10.0 Å². The molecule has 0 saturated heterocycles. The first-order valence-corrected chi connectivity index (χ1v) is 7.59. The van der Waals surface area contributed by atoms with Gasteiger partial charge in [-0.25, -0.2) is 13.1 Å². The lowest BCUT2D eigenvalue weighted by Gasteiger charge is -2.17. The summed E-state index contributed by atoms with van der Waals surface area (Å²) >= 11 is 0. The SMILES string of the molecule is COCCNCCNS(=O)(=O)CCC(C)(C)C. The molecule has 0 aliphatic carbocycles.